The lowest BCUT2D eigenvalue weighted by atomic mass is 10.1. The standard InChI is InChI=1S/C11H21ClN2O4S/c1-11(2,7-15)14(3)4-10(16)13-9-6-19(17,18)5-8(9)12/h8-9,15H,4-7H2,1-3H3,(H,13,16). The van der Waals surface area contributed by atoms with Crippen LogP contribution < -0.4 is 5.32 Å². The van der Waals surface area contributed by atoms with Crippen molar-refractivity contribution >= 4 is 27.3 Å². The Hall–Kier alpha value is -0.370. The molecule has 0 aromatic heterocycles. The molecule has 0 spiro atoms. The highest BCUT2D eigenvalue weighted by Crippen LogP contribution is 2.18. The van der Waals surface area contributed by atoms with Gasteiger partial charge in [-0.1, -0.05) is 0 Å². The van der Waals surface area contributed by atoms with Gasteiger partial charge in [-0.05, 0) is 20.9 Å². The van der Waals surface area contributed by atoms with Gasteiger partial charge < -0.3 is 10.4 Å². The minimum absolute atomic E-state index is 0.0767. The Bertz CT molecular complexity index is 438. The summed E-state index contributed by atoms with van der Waals surface area (Å²) in [5.41, 5.74) is -0.514. The summed E-state index contributed by atoms with van der Waals surface area (Å²) in [6.07, 6.45) is 0. The molecule has 2 unspecified atom stereocenters. The van der Waals surface area contributed by atoms with E-state index in [9.17, 15) is 18.3 Å². The van der Waals surface area contributed by atoms with Crippen molar-refractivity contribution in [2.75, 3.05) is 31.7 Å². The zero-order valence-electron chi connectivity index (χ0n) is 11.4. The van der Waals surface area contributed by atoms with Crippen molar-refractivity contribution in [1.82, 2.24) is 10.2 Å². The van der Waals surface area contributed by atoms with Gasteiger partial charge in [0.2, 0.25) is 5.91 Å². The van der Waals surface area contributed by atoms with Gasteiger partial charge in [0.1, 0.15) is 0 Å². The van der Waals surface area contributed by atoms with E-state index in [1.54, 1.807) is 11.9 Å². The molecule has 19 heavy (non-hydrogen) atoms. The van der Waals surface area contributed by atoms with E-state index in [4.69, 9.17) is 11.6 Å². The molecule has 1 rings (SSSR count). The van der Waals surface area contributed by atoms with Crippen LogP contribution in [0.5, 0.6) is 0 Å². The predicted molar refractivity (Wildman–Crippen MR) is 74.0 cm³/mol. The first-order chi connectivity index (χ1) is 8.57. The van der Waals surface area contributed by atoms with Crippen LogP contribution in [0, 0.1) is 0 Å². The lowest BCUT2D eigenvalue weighted by Crippen LogP contribution is -2.51. The topological polar surface area (TPSA) is 86.7 Å². The van der Waals surface area contributed by atoms with Gasteiger partial charge in [-0.25, -0.2) is 8.42 Å². The van der Waals surface area contributed by atoms with Gasteiger partial charge in [0, 0.05) is 5.54 Å². The molecular weight excluding hydrogens is 292 g/mol. The molecule has 1 fully saturated rings. The number of rotatable bonds is 5. The first-order valence-electron chi connectivity index (χ1n) is 6.03. The molecule has 2 N–H and O–H groups in total. The number of sulfone groups is 1. The lowest BCUT2D eigenvalue weighted by Gasteiger charge is -2.33. The van der Waals surface area contributed by atoms with Crippen LogP contribution in [0.4, 0.5) is 0 Å². The SMILES string of the molecule is CN(CC(=O)NC1CS(=O)(=O)CC1Cl)C(C)(C)CO. The molecule has 0 radical (unpaired) electrons. The molecule has 112 valence electrons. The molecule has 2 atom stereocenters. The molecular formula is C11H21ClN2O4S. The third-order valence-electron chi connectivity index (χ3n) is 3.43. The third-order valence-corrected chi connectivity index (χ3v) is 5.81. The van der Waals surface area contributed by atoms with Gasteiger partial charge in [0.15, 0.2) is 9.84 Å². The number of nitrogens with zero attached hydrogens (tertiary/aromatic N) is 1. The Morgan fingerprint density at radius 2 is 2.05 bits per heavy atom. The first kappa shape index (κ1) is 16.7. The van der Waals surface area contributed by atoms with Crippen LogP contribution in [-0.2, 0) is 14.6 Å². The number of amides is 1. The average molecular weight is 313 g/mol. The van der Waals surface area contributed by atoms with E-state index in [0.29, 0.717) is 0 Å². The number of nitrogens with one attached hydrogen (secondary N) is 1. The molecule has 1 saturated heterocycles. The number of likely N-dealkylation sites (N-methyl/N-ethyl adjacent to an activating group) is 1. The second kappa shape index (κ2) is 5.95. The van der Waals surface area contributed by atoms with Crippen molar-refractivity contribution in [1.29, 1.82) is 0 Å². The van der Waals surface area contributed by atoms with Crippen molar-refractivity contribution in [3.8, 4) is 0 Å². The van der Waals surface area contributed by atoms with Crippen LogP contribution in [-0.4, -0.2) is 73.0 Å². The fourth-order valence-electron chi connectivity index (χ4n) is 1.74. The van der Waals surface area contributed by atoms with E-state index >= 15 is 0 Å². The molecule has 1 heterocycles. The van der Waals surface area contributed by atoms with Crippen molar-refractivity contribution < 1.29 is 18.3 Å². The van der Waals surface area contributed by atoms with E-state index in [2.05, 4.69) is 5.32 Å². The Labute approximate surface area is 119 Å². The number of carbonyl (C=O) groups excluding carboxylic acids is 1. The van der Waals surface area contributed by atoms with E-state index in [0.717, 1.165) is 0 Å². The fourth-order valence-corrected chi connectivity index (χ4v) is 4.29. The van der Waals surface area contributed by atoms with E-state index in [1.807, 2.05) is 13.8 Å². The van der Waals surface area contributed by atoms with Gasteiger partial charge in [-0.2, -0.15) is 0 Å². The molecule has 0 aliphatic carbocycles. The Kier molecular flexibility index (Phi) is 5.22. The van der Waals surface area contributed by atoms with Crippen molar-refractivity contribution in [3.05, 3.63) is 0 Å². The molecule has 0 aromatic carbocycles. The maximum atomic E-state index is 11.8. The molecule has 1 amide bonds. The average Bonchev–Trinajstić information content (AvgIpc) is 2.51. The second-order valence-corrected chi connectivity index (χ2v) is 8.31. The van der Waals surface area contributed by atoms with Gasteiger partial charge in [0.25, 0.3) is 0 Å². The maximum absolute atomic E-state index is 11.8. The smallest absolute Gasteiger partial charge is 0.234 e. The number of aliphatic hydroxyl groups is 1. The maximum Gasteiger partial charge on any atom is 0.234 e. The highest BCUT2D eigenvalue weighted by atomic mass is 35.5. The largest absolute Gasteiger partial charge is 0.394 e. The quantitative estimate of drug-likeness (QED) is 0.650. The number of carbonyl (C=O) groups is 1. The van der Waals surface area contributed by atoms with Crippen molar-refractivity contribution in [2.24, 2.45) is 0 Å². The Morgan fingerprint density at radius 1 is 1.47 bits per heavy atom. The summed E-state index contributed by atoms with van der Waals surface area (Å²) in [5, 5.41) is 11.3. The number of hydrogen-bond donors (Lipinski definition) is 2. The van der Waals surface area contributed by atoms with Crippen molar-refractivity contribution in [3.63, 3.8) is 0 Å². The van der Waals surface area contributed by atoms with Gasteiger partial charge in [-0.15, -0.1) is 11.6 Å². The lowest BCUT2D eigenvalue weighted by molar-refractivity contribution is -0.124. The summed E-state index contributed by atoms with van der Waals surface area (Å²) in [5.74, 6) is -0.505. The third kappa shape index (κ3) is 4.59. The summed E-state index contributed by atoms with van der Waals surface area (Å²) in [7, 11) is -1.43. The highest BCUT2D eigenvalue weighted by Gasteiger charge is 2.37. The summed E-state index contributed by atoms with van der Waals surface area (Å²) in [4.78, 5) is 13.5. The summed E-state index contributed by atoms with van der Waals surface area (Å²) < 4.78 is 22.8. The molecule has 0 saturated carbocycles. The number of aliphatic hydroxyl groups excluding tert-OH is 1. The van der Waals surface area contributed by atoms with Crippen LogP contribution in [0.25, 0.3) is 0 Å². The molecule has 1 aliphatic heterocycles. The van der Waals surface area contributed by atoms with Crippen LogP contribution >= 0.6 is 11.6 Å². The number of halogens is 1. The molecule has 0 aromatic rings. The fraction of sp³-hybridized carbons (Fsp3) is 0.909. The number of alkyl halides is 1. The second-order valence-electron chi connectivity index (χ2n) is 5.59. The summed E-state index contributed by atoms with van der Waals surface area (Å²) in [6, 6.07) is -0.537. The normalized spacial score (nSPS) is 26.6. The number of hydrogen-bond acceptors (Lipinski definition) is 5. The van der Waals surface area contributed by atoms with E-state index in [-0.39, 0.29) is 30.6 Å². The Morgan fingerprint density at radius 3 is 2.47 bits per heavy atom. The van der Waals surface area contributed by atoms with Crippen LogP contribution in [0.2, 0.25) is 0 Å². The highest BCUT2D eigenvalue weighted by molar-refractivity contribution is 7.91. The van der Waals surface area contributed by atoms with Crippen LogP contribution in [0.1, 0.15) is 13.8 Å². The monoisotopic (exact) mass is 312 g/mol. The zero-order chi connectivity index (χ0) is 14.8. The van der Waals surface area contributed by atoms with Crippen molar-refractivity contribution in [2.45, 2.75) is 30.8 Å². The van der Waals surface area contributed by atoms with E-state index < -0.39 is 26.8 Å². The zero-order valence-corrected chi connectivity index (χ0v) is 13.0. The Balaban J connectivity index is 2.53. The first-order valence-corrected chi connectivity index (χ1v) is 8.29. The molecule has 8 heteroatoms. The van der Waals surface area contributed by atoms with Gasteiger partial charge in [-0.3, -0.25) is 9.69 Å². The predicted octanol–water partition coefficient (Wildman–Crippen LogP) is -0.790. The summed E-state index contributed by atoms with van der Waals surface area (Å²) in [6.45, 7) is 3.62. The van der Waals surface area contributed by atoms with Gasteiger partial charge >= 0.3 is 0 Å². The molecule has 6 nitrogen and oxygen atoms in total. The minimum atomic E-state index is -3.15. The minimum Gasteiger partial charge on any atom is -0.394 e. The van der Waals surface area contributed by atoms with Crippen LogP contribution in [0.3, 0.4) is 0 Å². The van der Waals surface area contributed by atoms with Gasteiger partial charge in [0.05, 0.1) is 36.1 Å². The molecule has 0 bridgehead atoms. The van der Waals surface area contributed by atoms with Crippen LogP contribution in [0.15, 0.2) is 0 Å². The summed E-state index contributed by atoms with van der Waals surface area (Å²) >= 11 is 5.91. The van der Waals surface area contributed by atoms with E-state index in [1.165, 1.54) is 0 Å². The molecule has 1 aliphatic rings.